The Balaban J connectivity index is 1.93. The zero-order valence-electron chi connectivity index (χ0n) is 12.2. The van der Waals surface area contributed by atoms with Crippen LogP contribution in [0.3, 0.4) is 0 Å². The smallest absolute Gasteiger partial charge is 0.225 e. The Kier molecular flexibility index (Phi) is 3.16. The van der Waals surface area contributed by atoms with E-state index in [1.807, 2.05) is 18.2 Å². The maximum atomic E-state index is 12.1. The van der Waals surface area contributed by atoms with E-state index in [2.05, 4.69) is 14.1 Å². The van der Waals surface area contributed by atoms with Crippen LogP contribution in [0, 0.1) is 0 Å². The van der Waals surface area contributed by atoms with Crippen LogP contribution in [-0.2, 0) is 4.79 Å². The first-order chi connectivity index (χ1) is 11.2. The Hall–Kier alpha value is -2.67. The molecule has 6 nitrogen and oxygen atoms in total. The van der Waals surface area contributed by atoms with E-state index in [1.165, 1.54) is 7.11 Å². The number of anilines is 1. The largest absolute Gasteiger partial charge is 0.504 e. The van der Waals surface area contributed by atoms with Gasteiger partial charge in [-0.2, -0.15) is 8.75 Å². The van der Waals surface area contributed by atoms with Crippen molar-refractivity contribution in [2.45, 2.75) is 12.3 Å². The molecular formula is C16H13N3O3S. The standard InChI is InChI=1S/C16H13N3O3S/c1-22-13-6-8(2-5-12(13)20)9-7-14(21)17-10-3-4-11-16(15(9)10)19-23-18-11/h2-6,9,20H,7H2,1H3,(H,17,21)/t9-/m1/s1. The molecule has 1 amide bonds. The van der Waals surface area contributed by atoms with Crippen LogP contribution in [0.25, 0.3) is 11.0 Å². The maximum Gasteiger partial charge on any atom is 0.225 e. The highest BCUT2D eigenvalue weighted by Gasteiger charge is 2.30. The van der Waals surface area contributed by atoms with E-state index in [0.717, 1.165) is 39.6 Å². The highest BCUT2D eigenvalue weighted by atomic mass is 32.1. The molecule has 2 N–H and O–H groups in total. The molecule has 1 aromatic heterocycles. The van der Waals surface area contributed by atoms with Gasteiger partial charge in [-0.15, -0.1) is 0 Å². The van der Waals surface area contributed by atoms with Crippen LogP contribution in [0.1, 0.15) is 23.5 Å². The number of phenolic OH excluding ortho intramolecular Hbond substituents is 1. The second-order valence-electron chi connectivity index (χ2n) is 5.39. The van der Waals surface area contributed by atoms with Crippen molar-refractivity contribution in [3.05, 3.63) is 41.5 Å². The number of hydrogen-bond donors (Lipinski definition) is 2. The minimum absolute atomic E-state index is 0.0444. The molecule has 116 valence electrons. The number of aromatic nitrogens is 2. The molecule has 1 aliphatic rings. The van der Waals surface area contributed by atoms with Crippen LogP contribution >= 0.6 is 11.7 Å². The molecule has 2 aromatic carbocycles. The minimum Gasteiger partial charge on any atom is -0.504 e. The third-order valence-electron chi connectivity index (χ3n) is 4.09. The predicted octanol–water partition coefficient (Wildman–Crippen LogP) is 2.88. The summed E-state index contributed by atoms with van der Waals surface area (Å²) in [5.74, 6) is 0.266. The van der Waals surface area contributed by atoms with E-state index in [9.17, 15) is 9.90 Å². The fraction of sp³-hybridized carbons (Fsp3) is 0.188. The number of rotatable bonds is 2. The van der Waals surface area contributed by atoms with Crippen LogP contribution in [0.5, 0.6) is 11.5 Å². The number of benzene rings is 2. The van der Waals surface area contributed by atoms with Crippen LogP contribution in [0.4, 0.5) is 5.69 Å². The van der Waals surface area contributed by atoms with Crippen molar-refractivity contribution >= 4 is 34.4 Å². The summed E-state index contributed by atoms with van der Waals surface area (Å²) < 4.78 is 13.9. The van der Waals surface area contributed by atoms with Crippen LogP contribution in [-0.4, -0.2) is 26.9 Å². The first-order valence-corrected chi connectivity index (χ1v) is 7.82. The van der Waals surface area contributed by atoms with Gasteiger partial charge in [0.05, 0.1) is 18.8 Å². The second-order valence-corrected chi connectivity index (χ2v) is 5.92. The number of carbonyl (C=O) groups excluding carboxylic acids is 1. The molecular weight excluding hydrogens is 314 g/mol. The highest BCUT2D eigenvalue weighted by molar-refractivity contribution is 7.00. The average Bonchev–Trinajstić information content (AvgIpc) is 3.03. The first-order valence-electron chi connectivity index (χ1n) is 7.09. The number of phenols is 1. The summed E-state index contributed by atoms with van der Waals surface area (Å²) >= 11 is 1.16. The van der Waals surface area contributed by atoms with Gasteiger partial charge in [0.1, 0.15) is 11.0 Å². The van der Waals surface area contributed by atoms with E-state index in [1.54, 1.807) is 12.1 Å². The Bertz CT molecular complexity index is 922. The zero-order valence-corrected chi connectivity index (χ0v) is 13.1. The number of carbonyl (C=O) groups is 1. The van der Waals surface area contributed by atoms with E-state index in [4.69, 9.17) is 4.74 Å². The Morgan fingerprint density at radius 3 is 3.00 bits per heavy atom. The first kappa shape index (κ1) is 14.0. The summed E-state index contributed by atoms with van der Waals surface area (Å²) in [4.78, 5) is 12.1. The number of hydrogen-bond acceptors (Lipinski definition) is 6. The maximum absolute atomic E-state index is 12.1. The summed E-state index contributed by atoms with van der Waals surface area (Å²) in [6.07, 6.45) is 0.317. The monoisotopic (exact) mass is 327 g/mol. The van der Waals surface area contributed by atoms with Crippen molar-refractivity contribution in [2.24, 2.45) is 0 Å². The van der Waals surface area contributed by atoms with E-state index in [-0.39, 0.29) is 17.6 Å². The molecule has 0 bridgehead atoms. The van der Waals surface area contributed by atoms with Crippen molar-refractivity contribution in [1.29, 1.82) is 0 Å². The summed E-state index contributed by atoms with van der Waals surface area (Å²) in [5, 5.41) is 12.7. The van der Waals surface area contributed by atoms with Gasteiger partial charge in [-0.3, -0.25) is 4.79 Å². The summed E-state index contributed by atoms with van der Waals surface area (Å²) in [7, 11) is 1.50. The Morgan fingerprint density at radius 1 is 1.30 bits per heavy atom. The third kappa shape index (κ3) is 2.20. The number of nitrogens with zero attached hydrogens (tertiary/aromatic N) is 2. The molecule has 3 aromatic rings. The molecule has 0 fully saturated rings. The number of ether oxygens (including phenoxy) is 1. The van der Waals surface area contributed by atoms with Gasteiger partial charge in [0.2, 0.25) is 5.91 Å². The lowest BCUT2D eigenvalue weighted by atomic mass is 9.84. The van der Waals surface area contributed by atoms with Crippen molar-refractivity contribution in [1.82, 2.24) is 8.75 Å². The lowest BCUT2D eigenvalue weighted by Crippen LogP contribution is -2.23. The van der Waals surface area contributed by atoms with E-state index in [0.29, 0.717) is 12.2 Å². The SMILES string of the molecule is COc1cc([C@H]2CC(=O)Nc3ccc4nsnc4c32)ccc1O. The molecule has 0 unspecified atom stereocenters. The topological polar surface area (TPSA) is 84.3 Å². The summed E-state index contributed by atoms with van der Waals surface area (Å²) in [6.45, 7) is 0. The van der Waals surface area contributed by atoms with Crippen molar-refractivity contribution in [2.75, 3.05) is 12.4 Å². The fourth-order valence-electron chi connectivity index (χ4n) is 3.02. The molecule has 1 aliphatic heterocycles. The zero-order chi connectivity index (χ0) is 16.0. The van der Waals surface area contributed by atoms with Crippen molar-refractivity contribution in [3.8, 4) is 11.5 Å². The van der Waals surface area contributed by atoms with Crippen LogP contribution < -0.4 is 10.1 Å². The van der Waals surface area contributed by atoms with Crippen molar-refractivity contribution < 1.29 is 14.6 Å². The van der Waals surface area contributed by atoms with Gasteiger partial charge < -0.3 is 15.2 Å². The lowest BCUT2D eigenvalue weighted by molar-refractivity contribution is -0.116. The number of amides is 1. The van der Waals surface area contributed by atoms with E-state index < -0.39 is 0 Å². The van der Waals surface area contributed by atoms with Gasteiger partial charge >= 0.3 is 0 Å². The van der Waals surface area contributed by atoms with Gasteiger partial charge in [0.25, 0.3) is 0 Å². The Morgan fingerprint density at radius 2 is 2.17 bits per heavy atom. The molecule has 2 heterocycles. The molecule has 1 atom stereocenters. The number of methoxy groups -OCH3 is 1. The molecule has 0 spiro atoms. The Labute approximate surface area is 136 Å². The van der Waals surface area contributed by atoms with Crippen LogP contribution in [0.15, 0.2) is 30.3 Å². The molecule has 23 heavy (non-hydrogen) atoms. The lowest BCUT2D eigenvalue weighted by Gasteiger charge is -2.26. The van der Waals surface area contributed by atoms with Gasteiger partial charge in [-0.05, 0) is 29.8 Å². The van der Waals surface area contributed by atoms with Gasteiger partial charge in [0, 0.05) is 23.6 Å². The summed E-state index contributed by atoms with van der Waals surface area (Å²) in [6, 6.07) is 8.88. The minimum atomic E-state index is -0.152. The second kappa shape index (κ2) is 5.20. The average molecular weight is 327 g/mol. The molecule has 4 rings (SSSR count). The van der Waals surface area contributed by atoms with Crippen LogP contribution in [0.2, 0.25) is 0 Å². The highest BCUT2D eigenvalue weighted by Crippen LogP contribution is 2.42. The molecule has 0 aliphatic carbocycles. The molecule has 0 saturated heterocycles. The van der Waals surface area contributed by atoms with Gasteiger partial charge in [-0.25, -0.2) is 0 Å². The molecule has 0 radical (unpaired) electrons. The number of aromatic hydroxyl groups is 1. The number of nitrogens with one attached hydrogen (secondary N) is 1. The predicted molar refractivity (Wildman–Crippen MR) is 87.2 cm³/mol. The molecule has 7 heteroatoms. The normalized spacial score (nSPS) is 16.9. The van der Waals surface area contributed by atoms with Gasteiger partial charge in [0.15, 0.2) is 11.5 Å². The van der Waals surface area contributed by atoms with E-state index >= 15 is 0 Å². The molecule has 0 saturated carbocycles. The fourth-order valence-corrected chi connectivity index (χ4v) is 3.57. The number of fused-ring (bicyclic) bond motifs is 3. The third-order valence-corrected chi connectivity index (χ3v) is 4.63. The van der Waals surface area contributed by atoms with Gasteiger partial charge in [-0.1, -0.05) is 6.07 Å². The quantitative estimate of drug-likeness (QED) is 0.756. The summed E-state index contributed by atoms with van der Waals surface area (Å²) in [5.41, 5.74) is 4.25. The van der Waals surface area contributed by atoms with Crippen molar-refractivity contribution in [3.63, 3.8) is 0 Å².